The lowest BCUT2D eigenvalue weighted by molar-refractivity contribution is -0.115. The zero-order valence-corrected chi connectivity index (χ0v) is 19.5. The normalized spacial score (nSPS) is 13.7. The molecule has 11 heteroatoms. The average molecular weight is 510 g/mol. The SMILES string of the molecule is O=C1C=C(OC(=O)c2ccc(Cl)c(CSc3nnnn3-c3ccccc3Cl)c2Cl)CCC1. The number of esters is 1. The van der Waals surface area contributed by atoms with E-state index in [1.807, 2.05) is 12.1 Å². The number of nitrogens with zero attached hydrogens (tertiary/aromatic N) is 4. The van der Waals surface area contributed by atoms with E-state index in [0.717, 1.165) is 0 Å². The Kier molecular flexibility index (Phi) is 7.15. The standard InChI is InChI=1S/C21H15Cl3N4O3S/c22-16-9-8-14(20(30)31-13-5-3-4-12(29)10-13)19(24)15(16)11-32-21-25-26-27-28(21)18-7-2-1-6-17(18)23/h1-2,6-10H,3-5,11H2. The van der Waals surface area contributed by atoms with Gasteiger partial charge in [0.1, 0.15) is 5.76 Å². The Morgan fingerprint density at radius 1 is 1.09 bits per heavy atom. The number of ether oxygens (including phenoxy) is 1. The van der Waals surface area contributed by atoms with Crippen molar-refractivity contribution in [2.24, 2.45) is 0 Å². The van der Waals surface area contributed by atoms with E-state index in [-0.39, 0.29) is 16.4 Å². The van der Waals surface area contributed by atoms with Gasteiger partial charge >= 0.3 is 5.97 Å². The maximum atomic E-state index is 12.7. The summed E-state index contributed by atoms with van der Waals surface area (Å²) in [5, 5.41) is 13.3. The number of benzene rings is 2. The molecule has 1 aliphatic carbocycles. The van der Waals surface area contributed by atoms with E-state index < -0.39 is 5.97 Å². The molecule has 4 rings (SSSR count). The van der Waals surface area contributed by atoms with Gasteiger partial charge in [0.25, 0.3) is 0 Å². The molecule has 0 N–H and O–H groups in total. The highest BCUT2D eigenvalue weighted by atomic mass is 35.5. The number of thioether (sulfide) groups is 1. The van der Waals surface area contributed by atoms with Crippen molar-refractivity contribution in [2.45, 2.75) is 30.2 Å². The van der Waals surface area contributed by atoms with E-state index >= 15 is 0 Å². The number of tetrazole rings is 1. The van der Waals surface area contributed by atoms with Crippen LogP contribution in [0.5, 0.6) is 0 Å². The average Bonchev–Trinajstić information content (AvgIpc) is 3.22. The molecular formula is C21H15Cl3N4O3S. The number of ketones is 1. The highest BCUT2D eigenvalue weighted by molar-refractivity contribution is 7.98. The minimum absolute atomic E-state index is 0.0606. The van der Waals surface area contributed by atoms with Crippen LogP contribution in [0.3, 0.4) is 0 Å². The van der Waals surface area contributed by atoms with Crippen LogP contribution >= 0.6 is 46.6 Å². The molecule has 3 aromatic rings. The van der Waals surface area contributed by atoms with Gasteiger partial charge in [-0.25, -0.2) is 4.79 Å². The Hall–Kier alpha value is -2.39. The molecule has 2 aromatic carbocycles. The number of hydrogen-bond donors (Lipinski definition) is 0. The smallest absolute Gasteiger partial charge is 0.344 e. The van der Waals surface area contributed by atoms with Crippen LogP contribution in [-0.2, 0) is 15.3 Å². The topological polar surface area (TPSA) is 87.0 Å². The number of halogens is 3. The van der Waals surface area contributed by atoms with Crippen molar-refractivity contribution < 1.29 is 14.3 Å². The minimum atomic E-state index is -0.639. The lowest BCUT2D eigenvalue weighted by Crippen LogP contribution is -2.11. The van der Waals surface area contributed by atoms with Gasteiger partial charge in [-0.05, 0) is 41.1 Å². The second kappa shape index (κ2) is 10.0. The van der Waals surface area contributed by atoms with Crippen LogP contribution in [0.1, 0.15) is 35.2 Å². The van der Waals surface area contributed by atoms with Gasteiger partial charge in [0, 0.05) is 35.3 Å². The second-order valence-corrected chi connectivity index (χ2v) is 8.96. The molecule has 0 atom stereocenters. The van der Waals surface area contributed by atoms with Gasteiger partial charge in [0.05, 0.1) is 21.3 Å². The van der Waals surface area contributed by atoms with Crippen molar-refractivity contribution in [2.75, 3.05) is 0 Å². The zero-order valence-electron chi connectivity index (χ0n) is 16.4. The number of carbonyl (C=O) groups is 2. The first-order valence-corrected chi connectivity index (χ1v) is 11.6. The molecule has 0 aliphatic heterocycles. The third-order valence-electron chi connectivity index (χ3n) is 4.67. The van der Waals surface area contributed by atoms with Crippen LogP contribution in [0.15, 0.2) is 53.4 Å². The Balaban J connectivity index is 1.55. The minimum Gasteiger partial charge on any atom is -0.427 e. The van der Waals surface area contributed by atoms with Crippen molar-refractivity contribution in [3.05, 3.63) is 74.4 Å². The van der Waals surface area contributed by atoms with E-state index in [9.17, 15) is 9.59 Å². The van der Waals surface area contributed by atoms with Gasteiger partial charge in [-0.15, -0.1) is 5.10 Å². The van der Waals surface area contributed by atoms with Gasteiger partial charge in [0.15, 0.2) is 5.78 Å². The summed E-state index contributed by atoms with van der Waals surface area (Å²) in [7, 11) is 0. The fourth-order valence-electron chi connectivity index (χ4n) is 3.08. The first-order valence-electron chi connectivity index (χ1n) is 9.52. The first-order chi connectivity index (χ1) is 15.4. The summed E-state index contributed by atoms with van der Waals surface area (Å²) in [6.07, 6.45) is 2.98. The summed E-state index contributed by atoms with van der Waals surface area (Å²) >= 11 is 20.4. The van der Waals surface area contributed by atoms with E-state index in [0.29, 0.717) is 57.2 Å². The molecular weight excluding hydrogens is 495 g/mol. The van der Waals surface area contributed by atoms with Crippen molar-refractivity contribution in [1.29, 1.82) is 0 Å². The maximum absolute atomic E-state index is 12.7. The molecule has 0 radical (unpaired) electrons. The Labute approximate surface area is 202 Å². The van der Waals surface area contributed by atoms with Crippen molar-refractivity contribution in [3.8, 4) is 5.69 Å². The molecule has 1 heterocycles. The van der Waals surface area contributed by atoms with Crippen LogP contribution in [0, 0.1) is 0 Å². The highest BCUT2D eigenvalue weighted by Crippen LogP contribution is 2.35. The Morgan fingerprint density at radius 2 is 1.91 bits per heavy atom. The zero-order chi connectivity index (χ0) is 22.7. The summed E-state index contributed by atoms with van der Waals surface area (Å²) in [4.78, 5) is 24.2. The third kappa shape index (κ3) is 4.99. The Morgan fingerprint density at radius 3 is 2.69 bits per heavy atom. The largest absolute Gasteiger partial charge is 0.427 e. The van der Waals surface area contributed by atoms with E-state index in [1.165, 1.54) is 28.6 Å². The molecule has 7 nitrogen and oxygen atoms in total. The van der Waals surface area contributed by atoms with Gasteiger partial charge < -0.3 is 4.74 Å². The van der Waals surface area contributed by atoms with E-state index in [2.05, 4.69) is 15.5 Å². The van der Waals surface area contributed by atoms with Crippen molar-refractivity contribution in [1.82, 2.24) is 20.2 Å². The van der Waals surface area contributed by atoms with E-state index in [1.54, 1.807) is 18.2 Å². The quantitative estimate of drug-likeness (QED) is 0.311. The van der Waals surface area contributed by atoms with Crippen molar-refractivity contribution >= 4 is 58.3 Å². The van der Waals surface area contributed by atoms with Gasteiger partial charge in [-0.1, -0.05) is 58.7 Å². The summed E-state index contributed by atoms with van der Waals surface area (Å²) in [6.45, 7) is 0. The van der Waals surface area contributed by atoms with Crippen LogP contribution in [0.4, 0.5) is 0 Å². The lowest BCUT2D eigenvalue weighted by atomic mass is 10.1. The molecule has 1 aromatic heterocycles. The number of para-hydroxylation sites is 1. The van der Waals surface area contributed by atoms with Crippen LogP contribution in [0.2, 0.25) is 15.1 Å². The monoisotopic (exact) mass is 508 g/mol. The number of hydrogen-bond acceptors (Lipinski definition) is 7. The molecule has 0 unspecified atom stereocenters. The van der Waals surface area contributed by atoms with Crippen molar-refractivity contribution in [3.63, 3.8) is 0 Å². The van der Waals surface area contributed by atoms with Crippen LogP contribution in [0.25, 0.3) is 5.69 Å². The van der Waals surface area contributed by atoms with Crippen LogP contribution < -0.4 is 0 Å². The van der Waals surface area contributed by atoms with Crippen LogP contribution in [-0.4, -0.2) is 32.0 Å². The fourth-order valence-corrected chi connectivity index (χ4v) is 4.96. The summed E-state index contributed by atoms with van der Waals surface area (Å²) in [5.74, 6) is -0.0633. The number of allylic oxidation sites excluding steroid dienone is 2. The molecule has 164 valence electrons. The number of carbonyl (C=O) groups excluding carboxylic acids is 2. The summed E-state index contributed by atoms with van der Waals surface area (Å²) < 4.78 is 6.89. The molecule has 0 fully saturated rings. The number of rotatable bonds is 6. The second-order valence-electron chi connectivity index (χ2n) is 6.82. The Bertz CT molecular complexity index is 1230. The molecule has 1 aliphatic rings. The predicted octanol–water partition coefficient (Wildman–Crippen LogP) is 5.71. The maximum Gasteiger partial charge on any atom is 0.344 e. The van der Waals surface area contributed by atoms with Gasteiger partial charge in [0.2, 0.25) is 5.16 Å². The molecule has 0 saturated heterocycles. The molecule has 0 bridgehead atoms. The highest BCUT2D eigenvalue weighted by Gasteiger charge is 2.21. The van der Waals surface area contributed by atoms with Gasteiger partial charge in [-0.2, -0.15) is 4.68 Å². The molecule has 32 heavy (non-hydrogen) atoms. The van der Waals surface area contributed by atoms with Gasteiger partial charge in [-0.3, -0.25) is 4.79 Å². The predicted molar refractivity (Wildman–Crippen MR) is 123 cm³/mol. The molecule has 0 spiro atoms. The summed E-state index contributed by atoms with van der Waals surface area (Å²) in [5.41, 5.74) is 1.33. The number of aromatic nitrogens is 4. The summed E-state index contributed by atoms with van der Waals surface area (Å²) in [6, 6.07) is 10.3. The fraction of sp³-hybridized carbons (Fsp3) is 0.190. The third-order valence-corrected chi connectivity index (χ3v) is 6.72. The molecule has 0 saturated carbocycles. The molecule has 0 amide bonds. The first kappa shape index (κ1) is 22.8. The lowest BCUT2D eigenvalue weighted by Gasteiger charge is -2.14. The van der Waals surface area contributed by atoms with E-state index in [4.69, 9.17) is 39.5 Å².